The van der Waals surface area contributed by atoms with Crippen LogP contribution < -0.4 is 8.92 Å². The summed E-state index contributed by atoms with van der Waals surface area (Å²) in [7, 11) is -3.60. The summed E-state index contributed by atoms with van der Waals surface area (Å²) in [6, 6.07) is 14.4. The first-order valence-corrected chi connectivity index (χ1v) is 15.3. The molecule has 1 atom stereocenters. The summed E-state index contributed by atoms with van der Waals surface area (Å²) in [6.07, 6.45) is 0.483. The molecule has 9 heteroatoms. The molecule has 0 heterocycles. The van der Waals surface area contributed by atoms with Crippen LogP contribution in [0.25, 0.3) is 0 Å². The molecule has 1 unspecified atom stereocenters. The van der Waals surface area contributed by atoms with Crippen molar-refractivity contribution in [3.8, 4) is 11.5 Å². The van der Waals surface area contributed by atoms with Crippen LogP contribution in [0.5, 0.6) is 11.5 Å². The van der Waals surface area contributed by atoms with Gasteiger partial charge in [-0.15, -0.1) is 0 Å². The van der Waals surface area contributed by atoms with Crippen molar-refractivity contribution in [3.63, 3.8) is 0 Å². The molecule has 2 aromatic carbocycles. The summed E-state index contributed by atoms with van der Waals surface area (Å²) in [5.41, 5.74) is 1.96. The Morgan fingerprint density at radius 3 is 1.79 bits per heavy atom. The van der Waals surface area contributed by atoms with Crippen LogP contribution in [0.15, 0.2) is 48.5 Å². The van der Waals surface area contributed by atoms with E-state index in [-0.39, 0.29) is 5.97 Å². The van der Waals surface area contributed by atoms with Gasteiger partial charge in [-0.25, -0.2) is 4.79 Å². The molecule has 0 bridgehead atoms. The normalized spacial score (nSPS) is 12.0. The van der Waals surface area contributed by atoms with E-state index in [1.54, 1.807) is 32.9 Å². The second-order valence-corrected chi connectivity index (χ2v) is 11.1. The van der Waals surface area contributed by atoms with E-state index in [0.29, 0.717) is 38.4 Å². The highest BCUT2D eigenvalue weighted by molar-refractivity contribution is 7.87. The molecule has 0 aliphatic rings. The monoisotopic (exact) mass is 565 g/mol. The first kappa shape index (κ1) is 34.4. The zero-order valence-corrected chi connectivity index (χ0v) is 25.5. The van der Waals surface area contributed by atoms with Gasteiger partial charge in [0, 0.05) is 19.4 Å². The minimum Gasteiger partial charge on any atom is -0.493 e. The Bertz CT molecular complexity index is 1030. The van der Waals surface area contributed by atoms with E-state index in [0.717, 1.165) is 16.9 Å². The molecular formula is C30H47NO7S. The third-order valence-electron chi connectivity index (χ3n) is 5.98. The van der Waals surface area contributed by atoms with Gasteiger partial charge < -0.3 is 23.3 Å². The topological polar surface area (TPSA) is 91.4 Å². The molecule has 0 radical (unpaired) electrons. The first-order valence-electron chi connectivity index (χ1n) is 13.8. The van der Waals surface area contributed by atoms with Crippen LogP contribution in [-0.4, -0.2) is 70.1 Å². The lowest BCUT2D eigenvalue weighted by Gasteiger charge is -2.16. The summed E-state index contributed by atoms with van der Waals surface area (Å²) >= 11 is 0. The number of carbonyl (C=O) groups excluding carboxylic acids is 1. The minimum absolute atomic E-state index is 0.298. The van der Waals surface area contributed by atoms with Gasteiger partial charge in [0.05, 0.1) is 18.5 Å². The summed E-state index contributed by atoms with van der Waals surface area (Å²) < 4.78 is 45.1. The molecule has 0 spiro atoms. The summed E-state index contributed by atoms with van der Waals surface area (Å²) in [5, 5.41) is -0.600. The van der Waals surface area contributed by atoms with Crippen LogP contribution in [0.4, 0.5) is 0 Å². The van der Waals surface area contributed by atoms with E-state index < -0.39 is 21.5 Å². The third-order valence-corrected chi connectivity index (χ3v) is 7.56. The smallest absolute Gasteiger partial charge is 0.335 e. The van der Waals surface area contributed by atoms with Gasteiger partial charge in [0.2, 0.25) is 0 Å². The van der Waals surface area contributed by atoms with Crippen LogP contribution in [0.2, 0.25) is 0 Å². The summed E-state index contributed by atoms with van der Waals surface area (Å²) in [6.45, 7) is 18.1. The minimum atomic E-state index is -3.60. The van der Waals surface area contributed by atoms with Crippen LogP contribution >= 0.6 is 0 Å². The number of rotatable bonds is 16. The van der Waals surface area contributed by atoms with Gasteiger partial charge in [-0.05, 0) is 82.7 Å². The first-order chi connectivity index (χ1) is 18.6. The number of ether oxygens (including phenoxy) is 3. The molecule has 0 saturated carbocycles. The molecule has 0 fully saturated rings. The molecule has 8 nitrogen and oxygen atoms in total. The average Bonchev–Trinajstić information content (AvgIpc) is 2.91. The SMILES string of the molecule is CCN(CC)CC.CCOC(=O)C(Cc1ccc(OCCc2ccc(OS(=O)(=O)C(C)C)cc2)cc1)OCC. The number of nitrogens with zero attached hydrogens (tertiary/aromatic N) is 1. The van der Waals surface area contributed by atoms with Gasteiger partial charge in [-0.1, -0.05) is 45.0 Å². The van der Waals surface area contributed by atoms with E-state index in [9.17, 15) is 13.2 Å². The molecule has 0 aliphatic carbocycles. The molecule has 220 valence electrons. The van der Waals surface area contributed by atoms with Gasteiger partial charge in [-0.3, -0.25) is 0 Å². The van der Waals surface area contributed by atoms with Crippen molar-refractivity contribution in [1.82, 2.24) is 4.90 Å². The molecular weight excluding hydrogens is 518 g/mol. The van der Waals surface area contributed by atoms with Crippen molar-refractivity contribution in [1.29, 1.82) is 0 Å². The Hall–Kier alpha value is -2.62. The number of carbonyl (C=O) groups is 1. The summed E-state index contributed by atoms with van der Waals surface area (Å²) in [5.74, 6) is 0.667. The largest absolute Gasteiger partial charge is 0.493 e. The maximum absolute atomic E-state index is 12.0. The van der Waals surface area contributed by atoms with Crippen LogP contribution in [0, 0.1) is 0 Å². The zero-order valence-electron chi connectivity index (χ0n) is 24.6. The number of hydrogen-bond acceptors (Lipinski definition) is 8. The standard InChI is InChI=1S/C24H32O7S.C6H15N/c1-5-28-23(24(25)29-6-2)17-20-9-11-21(12-10-20)30-16-15-19-7-13-22(14-8-19)31-32(26,27)18(3)4;1-4-7(5-2)6-3/h7-14,18,23H,5-6,15-17H2,1-4H3;4-6H2,1-3H3. The van der Waals surface area contributed by atoms with Crippen LogP contribution in [0.1, 0.15) is 59.6 Å². The molecule has 2 rings (SSSR count). The predicted molar refractivity (Wildman–Crippen MR) is 156 cm³/mol. The van der Waals surface area contributed by atoms with Gasteiger partial charge in [0.25, 0.3) is 0 Å². The van der Waals surface area contributed by atoms with Gasteiger partial charge in [-0.2, -0.15) is 8.42 Å². The Balaban J connectivity index is 0.000000956. The highest BCUT2D eigenvalue weighted by atomic mass is 32.2. The summed E-state index contributed by atoms with van der Waals surface area (Å²) in [4.78, 5) is 14.4. The zero-order chi connectivity index (χ0) is 29.3. The van der Waals surface area contributed by atoms with E-state index in [4.69, 9.17) is 18.4 Å². The van der Waals surface area contributed by atoms with Gasteiger partial charge >= 0.3 is 16.1 Å². The number of hydrogen-bond donors (Lipinski definition) is 0. The fourth-order valence-electron chi connectivity index (χ4n) is 3.48. The number of esters is 1. The average molecular weight is 566 g/mol. The molecule has 0 N–H and O–H groups in total. The second-order valence-electron chi connectivity index (χ2n) is 9.03. The van der Waals surface area contributed by atoms with Crippen LogP contribution in [-0.2, 0) is 37.2 Å². The maximum Gasteiger partial charge on any atom is 0.335 e. The highest BCUT2D eigenvalue weighted by Crippen LogP contribution is 2.18. The molecule has 0 aliphatic heterocycles. The van der Waals surface area contributed by atoms with Crippen molar-refractivity contribution in [2.75, 3.05) is 39.5 Å². The molecule has 0 aromatic heterocycles. The van der Waals surface area contributed by atoms with Crippen molar-refractivity contribution in [3.05, 3.63) is 59.7 Å². The van der Waals surface area contributed by atoms with E-state index in [1.807, 2.05) is 43.3 Å². The Labute approximate surface area is 235 Å². The Morgan fingerprint density at radius 1 is 0.795 bits per heavy atom. The molecule has 39 heavy (non-hydrogen) atoms. The van der Waals surface area contributed by atoms with Crippen molar-refractivity contribution in [2.24, 2.45) is 0 Å². The third kappa shape index (κ3) is 13.3. The predicted octanol–water partition coefficient (Wildman–Crippen LogP) is 5.28. The quantitative estimate of drug-likeness (QED) is 0.200. The lowest BCUT2D eigenvalue weighted by atomic mass is 10.1. The maximum atomic E-state index is 12.0. The fraction of sp³-hybridized carbons (Fsp3) is 0.567. The van der Waals surface area contributed by atoms with Crippen molar-refractivity contribution >= 4 is 16.1 Å². The lowest BCUT2D eigenvalue weighted by Crippen LogP contribution is -2.28. The lowest BCUT2D eigenvalue weighted by molar-refractivity contribution is -0.156. The molecule has 0 saturated heterocycles. The highest BCUT2D eigenvalue weighted by Gasteiger charge is 2.20. The molecule has 2 aromatic rings. The van der Waals surface area contributed by atoms with E-state index in [2.05, 4.69) is 25.7 Å². The van der Waals surface area contributed by atoms with Crippen LogP contribution in [0.3, 0.4) is 0 Å². The van der Waals surface area contributed by atoms with Gasteiger partial charge in [0.1, 0.15) is 11.5 Å². The van der Waals surface area contributed by atoms with Gasteiger partial charge in [0.15, 0.2) is 6.10 Å². The molecule has 0 amide bonds. The van der Waals surface area contributed by atoms with Crippen molar-refractivity contribution in [2.45, 2.75) is 72.7 Å². The van der Waals surface area contributed by atoms with Crippen molar-refractivity contribution < 1.29 is 31.6 Å². The van der Waals surface area contributed by atoms with E-state index >= 15 is 0 Å². The Morgan fingerprint density at radius 2 is 1.33 bits per heavy atom. The fourth-order valence-corrected chi connectivity index (χ4v) is 4.05. The Kier molecular flexibility index (Phi) is 16.4. The van der Waals surface area contributed by atoms with E-state index in [1.165, 1.54) is 19.6 Å². The number of benzene rings is 2. The second kappa shape index (κ2) is 18.6.